The molecule has 186 valence electrons. The van der Waals surface area contributed by atoms with Crippen LogP contribution in [0.5, 0.6) is 0 Å². The van der Waals surface area contributed by atoms with E-state index < -0.39 is 30.8 Å². The zero-order chi connectivity index (χ0) is 26.2. The first kappa shape index (κ1) is 24.9. The second-order valence-electron chi connectivity index (χ2n) is 10.3. The molecule has 39 heavy (non-hydrogen) atoms. The Morgan fingerprint density at radius 1 is 0.538 bits per heavy atom. The van der Waals surface area contributed by atoms with Crippen molar-refractivity contribution in [1.82, 2.24) is 0 Å². The van der Waals surface area contributed by atoms with Gasteiger partial charge in [0.05, 0.1) is 0 Å². The van der Waals surface area contributed by atoms with Crippen molar-refractivity contribution in [2.24, 2.45) is 0 Å². The zero-order valence-electron chi connectivity index (χ0n) is 22.0. The van der Waals surface area contributed by atoms with E-state index in [1.54, 1.807) is 22.0 Å². The molecule has 0 heterocycles. The van der Waals surface area contributed by atoms with Gasteiger partial charge < -0.3 is 0 Å². The van der Waals surface area contributed by atoms with Crippen molar-refractivity contribution in [2.45, 2.75) is 14.3 Å². The van der Waals surface area contributed by atoms with Crippen LogP contribution in [-0.4, -0.2) is 0 Å². The molecule has 0 radical (unpaired) electrons. The molecule has 2 aliphatic carbocycles. The van der Waals surface area contributed by atoms with E-state index in [1.165, 1.54) is 32.9 Å². The van der Waals surface area contributed by atoms with Crippen molar-refractivity contribution in [3.05, 3.63) is 167 Å². The fraction of sp³-hybridized carbons (Fsp3) is 0.0811. The summed E-state index contributed by atoms with van der Waals surface area (Å²) < 4.78 is 1.18. The van der Waals surface area contributed by atoms with Gasteiger partial charge in [-0.25, -0.2) is 0 Å². The molecular weight excluding hydrogens is 654 g/mol. The summed E-state index contributed by atoms with van der Waals surface area (Å²) in [7, 11) is -0.592. The molecule has 0 aromatic heterocycles. The van der Waals surface area contributed by atoms with E-state index in [9.17, 15) is 0 Å². The van der Waals surface area contributed by atoms with Gasteiger partial charge in [0.2, 0.25) is 0 Å². The summed E-state index contributed by atoms with van der Waals surface area (Å²) in [5, 5.41) is 4.57. The van der Waals surface area contributed by atoms with Gasteiger partial charge >= 0.3 is 246 Å². The van der Waals surface area contributed by atoms with Gasteiger partial charge in [0.15, 0.2) is 0 Å². The van der Waals surface area contributed by atoms with Crippen LogP contribution in [0, 0.1) is 0 Å². The molecule has 2 unspecified atom stereocenters. The van der Waals surface area contributed by atoms with Gasteiger partial charge in [-0.05, 0) is 0 Å². The van der Waals surface area contributed by atoms with E-state index in [0.29, 0.717) is 7.35 Å². The van der Waals surface area contributed by atoms with Crippen LogP contribution >= 0.6 is 7.92 Å². The van der Waals surface area contributed by atoms with Crippen LogP contribution in [0.3, 0.4) is 0 Å². The van der Waals surface area contributed by atoms with Crippen molar-refractivity contribution in [3.8, 4) is 11.1 Å². The van der Waals surface area contributed by atoms with E-state index in [-0.39, 0.29) is 0 Å². The normalized spacial score (nSPS) is 17.4. The number of fused-ring (bicyclic) bond motifs is 2. The molecule has 5 aromatic carbocycles. The van der Waals surface area contributed by atoms with Crippen LogP contribution in [0.4, 0.5) is 0 Å². The number of rotatable bonds is 6. The quantitative estimate of drug-likeness (QED) is 0.124. The minimum atomic E-state index is -1.30. The van der Waals surface area contributed by atoms with E-state index in [4.69, 9.17) is 0 Å². The molecule has 0 nitrogen and oxygen atoms in total. The number of benzene rings is 5. The Hall–Kier alpha value is -3.12. The molecule has 2 heteroatoms. The summed E-state index contributed by atoms with van der Waals surface area (Å²) in [5.41, 5.74) is 10.3. The third kappa shape index (κ3) is 4.67. The van der Waals surface area contributed by atoms with Crippen molar-refractivity contribution in [1.29, 1.82) is 0 Å². The van der Waals surface area contributed by atoms with Gasteiger partial charge in [-0.1, -0.05) is 0 Å². The molecule has 0 saturated heterocycles. The Morgan fingerprint density at radius 2 is 1.13 bits per heavy atom. The van der Waals surface area contributed by atoms with Gasteiger partial charge in [-0.15, -0.1) is 0 Å². The summed E-state index contributed by atoms with van der Waals surface area (Å²) in [5.74, 6) is 0. The zero-order valence-corrected chi connectivity index (χ0v) is 26.4. The molecular formula is C37H29HfP. The van der Waals surface area contributed by atoms with Crippen molar-refractivity contribution in [2.75, 3.05) is 0 Å². The molecule has 0 saturated carbocycles. The first-order valence-corrected chi connectivity index (χ1v) is 19.1. The molecule has 2 atom stereocenters. The topological polar surface area (TPSA) is 0 Å². The Labute approximate surface area is 244 Å². The monoisotopic (exact) mass is 684 g/mol. The average Bonchev–Trinajstić information content (AvgIpc) is 3.52. The molecule has 2 aliphatic rings. The van der Waals surface area contributed by atoms with Gasteiger partial charge in [0.25, 0.3) is 0 Å². The molecule has 0 amide bonds. The summed E-state index contributed by atoms with van der Waals surface area (Å²) in [6, 6.07) is 49.6. The second kappa shape index (κ2) is 10.8. The fourth-order valence-corrected chi connectivity index (χ4v) is 17.1. The van der Waals surface area contributed by atoms with Gasteiger partial charge in [-0.2, -0.15) is 0 Å². The van der Waals surface area contributed by atoms with Gasteiger partial charge in [-0.3, -0.25) is 0 Å². The van der Waals surface area contributed by atoms with Gasteiger partial charge in [0.1, 0.15) is 0 Å². The van der Waals surface area contributed by atoms with E-state index >= 15 is 0 Å². The number of hydrogen-bond acceptors (Lipinski definition) is 0. The Balaban J connectivity index is 1.32. The SMILES string of the molecule is CC1=Cc2c(-c3ccccc3)cccc2[CH]1[Hf][CH]1C(P(c2ccccc2)c2ccccc2)=Cc2ccccc21. The van der Waals surface area contributed by atoms with Crippen LogP contribution < -0.4 is 10.6 Å². The van der Waals surface area contributed by atoms with Crippen LogP contribution in [-0.2, 0) is 22.9 Å². The van der Waals surface area contributed by atoms with Crippen LogP contribution in [0.25, 0.3) is 23.3 Å². The first-order valence-electron chi connectivity index (χ1n) is 13.6. The molecule has 0 fully saturated rings. The van der Waals surface area contributed by atoms with Crippen LogP contribution in [0.2, 0.25) is 0 Å². The molecule has 0 bridgehead atoms. The molecule has 0 aliphatic heterocycles. The second-order valence-corrected chi connectivity index (χ2v) is 17.9. The predicted octanol–water partition coefficient (Wildman–Crippen LogP) is 9.12. The summed E-state index contributed by atoms with van der Waals surface area (Å²) in [6.07, 6.45) is 5.06. The van der Waals surface area contributed by atoms with E-state index in [0.717, 1.165) is 0 Å². The third-order valence-electron chi connectivity index (χ3n) is 7.89. The van der Waals surface area contributed by atoms with Crippen molar-refractivity contribution < 1.29 is 22.9 Å². The standard InChI is InChI=1S/C21H16P.C16H13.Hf/c1-3-11-19(12-4-1)22(20-13-5-2-6-14-20)21-15-17-9-7-8-10-18(17)16-21;1-12-10-14-8-5-9-15(16(14)11-12)13-6-3-2-4-7-13;/h1-16H;2-11H,1H3;. The summed E-state index contributed by atoms with van der Waals surface area (Å²) in [4.78, 5) is 0. The van der Waals surface area contributed by atoms with Crippen molar-refractivity contribution in [3.63, 3.8) is 0 Å². The molecule has 5 aromatic rings. The maximum atomic E-state index is 2.56. The fourth-order valence-electron chi connectivity index (χ4n) is 6.09. The minimum absolute atomic E-state index is 0.576. The molecule has 0 spiro atoms. The predicted molar refractivity (Wildman–Crippen MR) is 165 cm³/mol. The average molecular weight is 683 g/mol. The van der Waals surface area contributed by atoms with Crippen LogP contribution in [0.1, 0.15) is 36.5 Å². The first-order chi connectivity index (χ1) is 19.3. The third-order valence-corrected chi connectivity index (χ3v) is 18.7. The van der Waals surface area contributed by atoms with Gasteiger partial charge in [0, 0.05) is 0 Å². The Kier molecular flexibility index (Phi) is 6.89. The van der Waals surface area contributed by atoms with E-state index in [1.807, 2.05) is 0 Å². The molecule has 0 N–H and O–H groups in total. The summed E-state index contributed by atoms with van der Waals surface area (Å²) in [6.45, 7) is 2.38. The number of allylic oxidation sites excluding steroid dienone is 2. The Bertz CT molecular complexity index is 1650. The molecule has 7 rings (SSSR count). The maximum absolute atomic E-state index is 2.56. The number of hydrogen-bond donors (Lipinski definition) is 0. The van der Waals surface area contributed by atoms with Crippen LogP contribution in [0.15, 0.2) is 144 Å². The van der Waals surface area contributed by atoms with Crippen molar-refractivity contribution >= 4 is 30.7 Å². The summed E-state index contributed by atoms with van der Waals surface area (Å²) >= 11 is -1.30. The Morgan fingerprint density at radius 3 is 1.82 bits per heavy atom. The van der Waals surface area contributed by atoms with E-state index in [2.05, 4.69) is 153 Å².